The maximum atomic E-state index is 12.1. The van der Waals surface area contributed by atoms with E-state index in [1.165, 1.54) is 23.5 Å². The van der Waals surface area contributed by atoms with Crippen LogP contribution in [-0.2, 0) is 14.6 Å². The first kappa shape index (κ1) is 18.1. The Hall–Kier alpha value is -2.71. The quantitative estimate of drug-likeness (QED) is 0.678. The summed E-state index contributed by atoms with van der Waals surface area (Å²) in [7, 11) is -1.70. The number of ether oxygens (including phenoxy) is 1. The number of methoxy groups -OCH3 is 1. The molecule has 26 heavy (non-hydrogen) atoms. The molecule has 8 heteroatoms. The fourth-order valence-electron chi connectivity index (χ4n) is 2.25. The van der Waals surface area contributed by atoms with E-state index in [0.29, 0.717) is 21.1 Å². The van der Waals surface area contributed by atoms with E-state index in [0.717, 1.165) is 11.8 Å². The van der Waals surface area contributed by atoms with E-state index in [1.54, 1.807) is 25.3 Å². The summed E-state index contributed by atoms with van der Waals surface area (Å²) in [6.45, 7) is 0. The number of nitrogens with zero attached hydrogens (tertiary/aromatic N) is 1. The van der Waals surface area contributed by atoms with Crippen LogP contribution in [0.5, 0.6) is 5.75 Å². The second-order valence-corrected chi connectivity index (χ2v) is 8.57. The third-order valence-corrected chi connectivity index (χ3v) is 5.58. The maximum absolute atomic E-state index is 12.1. The van der Waals surface area contributed by atoms with Crippen molar-refractivity contribution < 1.29 is 17.9 Å². The molecule has 0 saturated carbocycles. The number of hydrogen-bond acceptors (Lipinski definition) is 6. The Bertz CT molecular complexity index is 1100. The lowest BCUT2D eigenvalue weighted by molar-refractivity contribution is -0.111. The second kappa shape index (κ2) is 7.27. The molecule has 0 aliphatic rings. The minimum absolute atomic E-state index is 0.226. The lowest BCUT2D eigenvalue weighted by Gasteiger charge is -2.00. The van der Waals surface area contributed by atoms with Gasteiger partial charge in [0.1, 0.15) is 5.75 Å². The normalized spacial score (nSPS) is 11.8. The zero-order valence-corrected chi connectivity index (χ0v) is 15.7. The van der Waals surface area contributed by atoms with Gasteiger partial charge < -0.3 is 4.74 Å². The van der Waals surface area contributed by atoms with Crippen LogP contribution in [0.25, 0.3) is 16.3 Å². The molecule has 0 atom stereocenters. The van der Waals surface area contributed by atoms with E-state index in [1.807, 2.05) is 24.3 Å². The van der Waals surface area contributed by atoms with Crippen LogP contribution in [0.15, 0.2) is 53.4 Å². The molecule has 0 saturated heterocycles. The van der Waals surface area contributed by atoms with Gasteiger partial charge in [-0.2, -0.15) is 0 Å². The number of aromatic nitrogens is 1. The molecule has 0 fully saturated rings. The van der Waals surface area contributed by atoms with Gasteiger partial charge in [-0.25, -0.2) is 13.4 Å². The lowest BCUT2D eigenvalue weighted by atomic mass is 10.2. The largest absolute Gasteiger partial charge is 0.497 e. The van der Waals surface area contributed by atoms with Gasteiger partial charge in [-0.05, 0) is 42.0 Å². The number of carbonyl (C=O) groups is 1. The molecule has 2 aromatic carbocycles. The van der Waals surface area contributed by atoms with E-state index in [4.69, 9.17) is 4.74 Å². The zero-order valence-electron chi connectivity index (χ0n) is 14.1. The number of carbonyl (C=O) groups excluding carboxylic acids is 1. The molecule has 0 radical (unpaired) electrons. The second-order valence-electron chi connectivity index (χ2n) is 5.52. The summed E-state index contributed by atoms with van der Waals surface area (Å²) in [6.07, 6.45) is 4.23. The Morgan fingerprint density at radius 2 is 2.04 bits per heavy atom. The molecular weight excluding hydrogens is 372 g/mol. The minimum Gasteiger partial charge on any atom is -0.497 e. The predicted molar refractivity (Wildman–Crippen MR) is 103 cm³/mol. The predicted octanol–water partition coefficient (Wildman–Crippen LogP) is 3.36. The topological polar surface area (TPSA) is 85.4 Å². The summed E-state index contributed by atoms with van der Waals surface area (Å²) < 4.78 is 29.1. The van der Waals surface area contributed by atoms with Crippen molar-refractivity contribution in [2.24, 2.45) is 0 Å². The van der Waals surface area contributed by atoms with E-state index < -0.39 is 9.84 Å². The molecule has 0 unspecified atom stereocenters. The van der Waals surface area contributed by atoms with Gasteiger partial charge in [-0.1, -0.05) is 23.5 Å². The van der Waals surface area contributed by atoms with Gasteiger partial charge in [0.05, 0.1) is 22.2 Å². The highest BCUT2D eigenvalue weighted by Gasteiger charge is 2.11. The van der Waals surface area contributed by atoms with Gasteiger partial charge in [-0.3, -0.25) is 10.1 Å². The smallest absolute Gasteiger partial charge is 0.250 e. The number of thiazole rings is 1. The fourth-order valence-corrected chi connectivity index (χ4v) is 3.88. The molecule has 0 bridgehead atoms. The van der Waals surface area contributed by atoms with Crippen LogP contribution < -0.4 is 10.1 Å². The molecule has 134 valence electrons. The van der Waals surface area contributed by atoms with Crippen molar-refractivity contribution in [2.75, 3.05) is 18.7 Å². The maximum Gasteiger partial charge on any atom is 0.250 e. The van der Waals surface area contributed by atoms with Gasteiger partial charge in [0.15, 0.2) is 15.0 Å². The number of fused-ring (bicyclic) bond motifs is 1. The number of amides is 1. The first-order valence-corrected chi connectivity index (χ1v) is 10.3. The molecule has 0 aliphatic carbocycles. The Labute approximate surface area is 155 Å². The van der Waals surface area contributed by atoms with Crippen LogP contribution in [0.3, 0.4) is 0 Å². The highest BCUT2D eigenvalue weighted by atomic mass is 32.2. The van der Waals surface area contributed by atoms with E-state index >= 15 is 0 Å². The van der Waals surface area contributed by atoms with E-state index in [2.05, 4.69) is 10.3 Å². The van der Waals surface area contributed by atoms with E-state index in [9.17, 15) is 13.2 Å². The van der Waals surface area contributed by atoms with Gasteiger partial charge >= 0.3 is 0 Å². The van der Waals surface area contributed by atoms with Crippen LogP contribution in [0.1, 0.15) is 5.56 Å². The fraction of sp³-hybridized carbons (Fsp3) is 0.111. The van der Waals surface area contributed by atoms with Crippen molar-refractivity contribution in [2.45, 2.75) is 4.90 Å². The van der Waals surface area contributed by atoms with Crippen molar-refractivity contribution >= 4 is 48.5 Å². The first-order valence-electron chi connectivity index (χ1n) is 7.59. The SMILES string of the molecule is COc1cccc(/C=C/C(=O)Nc2nc3ccc(S(C)(=O)=O)cc3s2)c1. The molecule has 3 aromatic rings. The standard InChI is InChI=1S/C18H16N2O4S2/c1-24-13-5-3-4-12(10-13)6-9-17(21)20-18-19-15-8-7-14(26(2,22)23)11-16(15)25-18/h3-11H,1-2H3,(H,19,20,21)/b9-6+. The van der Waals surface area contributed by atoms with Gasteiger partial charge in [0, 0.05) is 12.3 Å². The Morgan fingerprint density at radius 3 is 2.77 bits per heavy atom. The van der Waals surface area contributed by atoms with Crippen LogP contribution >= 0.6 is 11.3 Å². The monoisotopic (exact) mass is 388 g/mol. The number of hydrogen-bond donors (Lipinski definition) is 1. The average Bonchev–Trinajstić information content (AvgIpc) is 3.00. The molecule has 3 rings (SSSR count). The van der Waals surface area contributed by atoms with Crippen LogP contribution in [-0.4, -0.2) is 32.7 Å². The third kappa shape index (κ3) is 4.27. The third-order valence-electron chi connectivity index (χ3n) is 3.54. The van der Waals surface area contributed by atoms with Gasteiger partial charge in [0.25, 0.3) is 0 Å². The number of sulfone groups is 1. The molecule has 0 spiro atoms. The van der Waals surface area contributed by atoms with Crippen LogP contribution in [0.2, 0.25) is 0 Å². The number of benzene rings is 2. The van der Waals surface area contributed by atoms with Crippen molar-refractivity contribution in [1.29, 1.82) is 0 Å². The summed E-state index contributed by atoms with van der Waals surface area (Å²) >= 11 is 1.22. The molecule has 1 amide bonds. The zero-order chi connectivity index (χ0) is 18.7. The lowest BCUT2D eigenvalue weighted by Crippen LogP contribution is -2.07. The number of nitrogens with one attached hydrogen (secondary N) is 1. The molecule has 1 N–H and O–H groups in total. The number of rotatable bonds is 5. The van der Waals surface area contributed by atoms with Crippen molar-refractivity contribution in [3.63, 3.8) is 0 Å². The van der Waals surface area contributed by atoms with Crippen LogP contribution in [0.4, 0.5) is 5.13 Å². The van der Waals surface area contributed by atoms with Gasteiger partial charge in [0.2, 0.25) is 5.91 Å². The Morgan fingerprint density at radius 1 is 1.23 bits per heavy atom. The molecule has 0 aliphatic heterocycles. The van der Waals surface area contributed by atoms with Gasteiger partial charge in [-0.15, -0.1) is 0 Å². The summed E-state index contributed by atoms with van der Waals surface area (Å²) in [4.78, 5) is 16.6. The summed E-state index contributed by atoms with van der Waals surface area (Å²) in [5.74, 6) is 0.385. The minimum atomic E-state index is -3.28. The molecule has 6 nitrogen and oxygen atoms in total. The molecule has 1 aromatic heterocycles. The Balaban J connectivity index is 1.75. The van der Waals surface area contributed by atoms with Crippen LogP contribution in [0, 0.1) is 0 Å². The van der Waals surface area contributed by atoms with Crippen molar-refractivity contribution in [3.8, 4) is 5.75 Å². The van der Waals surface area contributed by atoms with Crippen molar-refractivity contribution in [3.05, 3.63) is 54.1 Å². The number of anilines is 1. The van der Waals surface area contributed by atoms with Crippen molar-refractivity contribution in [1.82, 2.24) is 4.98 Å². The summed E-state index contributed by atoms with van der Waals surface area (Å²) in [5.41, 5.74) is 1.47. The first-order chi connectivity index (χ1) is 12.3. The highest BCUT2D eigenvalue weighted by Crippen LogP contribution is 2.28. The molecule has 1 heterocycles. The highest BCUT2D eigenvalue weighted by molar-refractivity contribution is 7.90. The van der Waals surface area contributed by atoms with E-state index in [-0.39, 0.29) is 10.8 Å². The summed E-state index contributed by atoms with van der Waals surface area (Å²) in [5, 5.41) is 3.10. The average molecular weight is 388 g/mol. The molecular formula is C18H16N2O4S2. The summed E-state index contributed by atoms with van der Waals surface area (Å²) in [6, 6.07) is 12.0. The Kier molecular flexibility index (Phi) is 5.06.